The molecule has 0 aliphatic heterocycles. The highest BCUT2D eigenvalue weighted by molar-refractivity contribution is 5.80. The number of alkyl halides is 2. The molecule has 0 spiro atoms. The van der Waals surface area contributed by atoms with E-state index in [2.05, 4.69) is 9.84 Å². The molecule has 0 radical (unpaired) electrons. The summed E-state index contributed by atoms with van der Waals surface area (Å²) >= 11 is 0. The fourth-order valence-electron chi connectivity index (χ4n) is 3.44. The van der Waals surface area contributed by atoms with E-state index in [0.717, 1.165) is 35.4 Å². The van der Waals surface area contributed by atoms with Gasteiger partial charge in [-0.15, -0.1) is 0 Å². The van der Waals surface area contributed by atoms with E-state index in [1.165, 1.54) is 6.07 Å². The number of hydrogen-bond donors (Lipinski definition) is 0. The highest BCUT2D eigenvalue weighted by Gasteiger charge is 2.33. The van der Waals surface area contributed by atoms with Gasteiger partial charge < -0.3 is 14.4 Å². The van der Waals surface area contributed by atoms with Gasteiger partial charge in [0.25, 0.3) is 0 Å². The number of ether oxygens (including phenoxy) is 2. The first-order chi connectivity index (χ1) is 13.8. The normalized spacial score (nSPS) is 13.6. The second kappa shape index (κ2) is 8.80. The van der Waals surface area contributed by atoms with Crippen molar-refractivity contribution >= 4 is 5.91 Å². The van der Waals surface area contributed by atoms with E-state index < -0.39 is 6.61 Å². The summed E-state index contributed by atoms with van der Waals surface area (Å²) in [7, 11) is 1.87. The van der Waals surface area contributed by atoms with E-state index in [4.69, 9.17) is 4.74 Å². The molecule has 158 valence electrons. The lowest BCUT2D eigenvalue weighted by Crippen LogP contribution is -2.34. The fraction of sp³-hybridized carbons (Fsp3) is 0.524. The Morgan fingerprint density at radius 3 is 2.59 bits per heavy atom. The van der Waals surface area contributed by atoms with Crippen molar-refractivity contribution in [2.75, 3.05) is 6.61 Å². The fourth-order valence-corrected chi connectivity index (χ4v) is 3.44. The highest BCUT2D eigenvalue weighted by atomic mass is 19.3. The molecule has 0 N–H and O–H groups in total. The summed E-state index contributed by atoms with van der Waals surface area (Å²) in [4.78, 5) is 14.9. The summed E-state index contributed by atoms with van der Waals surface area (Å²) in [5.41, 5.74) is 3.62. The molecule has 1 heterocycles. The monoisotopic (exact) mass is 407 g/mol. The minimum absolute atomic E-state index is 0.00323. The molecular formula is C21H27F2N3O3. The van der Waals surface area contributed by atoms with E-state index in [1.54, 1.807) is 23.7 Å². The Hall–Kier alpha value is -2.64. The van der Waals surface area contributed by atoms with Crippen molar-refractivity contribution in [2.45, 2.75) is 59.2 Å². The third-order valence-electron chi connectivity index (χ3n) is 5.17. The third kappa shape index (κ3) is 5.05. The summed E-state index contributed by atoms with van der Waals surface area (Å²) in [6.07, 6.45) is 2.25. The van der Waals surface area contributed by atoms with E-state index >= 15 is 0 Å². The molecule has 8 heteroatoms. The van der Waals surface area contributed by atoms with Gasteiger partial charge in [0.15, 0.2) is 11.5 Å². The average molecular weight is 407 g/mol. The van der Waals surface area contributed by atoms with Crippen LogP contribution < -0.4 is 9.47 Å². The Labute approximate surface area is 169 Å². The van der Waals surface area contributed by atoms with Crippen LogP contribution >= 0.6 is 0 Å². The molecule has 0 bridgehead atoms. The van der Waals surface area contributed by atoms with Crippen LogP contribution in [0.2, 0.25) is 0 Å². The maximum Gasteiger partial charge on any atom is 0.387 e. The van der Waals surface area contributed by atoms with Crippen LogP contribution in [0.1, 0.15) is 42.3 Å². The van der Waals surface area contributed by atoms with Crippen molar-refractivity contribution in [2.24, 2.45) is 7.05 Å². The zero-order chi connectivity index (χ0) is 21.1. The molecule has 3 rings (SSSR count). The number of nitrogens with zero attached hydrogens (tertiary/aromatic N) is 3. The van der Waals surface area contributed by atoms with Gasteiger partial charge in [0.2, 0.25) is 5.91 Å². The Bertz CT molecular complexity index is 878. The molecule has 1 aliphatic rings. The van der Waals surface area contributed by atoms with Gasteiger partial charge in [-0.2, -0.15) is 13.9 Å². The summed E-state index contributed by atoms with van der Waals surface area (Å²) in [5.74, 6) is 0.293. The number of carbonyl (C=O) groups is 1. The van der Waals surface area contributed by atoms with Gasteiger partial charge in [0, 0.05) is 30.9 Å². The van der Waals surface area contributed by atoms with Gasteiger partial charge in [-0.25, -0.2) is 0 Å². The number of amides is 1. The molecule has 1 amide bonds. The maximum absolute atomic E-state index is 13.1. The van der Waals surface area contributed by atoms with E-state index in [9.17, 15) is 13.6 Å². The second-order valence-electron chi connectivity index (χ2n) is 7.30. The van der Waals surface area contributed by atoms with Crippen molar-refractivity contribution in [1.29, 1.82) is 0 Å². The minimum atomic E-state index is -2.92. The molecule has 2 aromatic rings. The molecule has 1 aromatic heterocycles. The van der Waals surface area contributed by atoms with Crippen molar-refractivity contribution < 1.29 is 23.0 Å². The van der Waals surface area contributed by atoms with Crippen molar-refractivity contribution in [3.63, 3.8) is 0 Å². The van der Waals surface area contributed by atoms with Crippen LogP contribution in [0.15, 0.2) is 18.2 Å². The van der Waals surface area contributed by atoms with E-state index in [-0.39, 0.29) is 23.4 Å². The lowest BCUT2D eigenvalue weighted by atomic mass is 10.1. The van der Waals surface area contributed by atoms with Crippen LogP contribution in [-0.4, -0.2) is 39.8 Å². The maximum atomic E-state index is 13.1. The van der Waals surface area contributed by atoms with E-state index in [0.29, 0.717) is 19.6 Å². The van der Waals surface area contributed by atoms with Crippen LogP contribution in [0.4, 0.5) is 8.78 Å². The molecule has 1 saturated carbocycles. The lowest BCUT2D eigenvalue weighted by molar-refractivity contribution is -0.131. The molecule has 1 aliphatic carbocycles. The average Bonchev–Trinajstić information content (AvgIpc) is 3.46. The number of aryl methyl sites for hydroxylation is 2. The van der Waals surface area contributed by atoms with Crippen LogP contribution in [0.25, 0.3) is 0 Å². The SMILES string of the molecule is CCOc1cc(CN(C(=O)Cc2c(C)nn(C)c2C)C2CC2)ccc1OC(F)F. The molecular weight excluding hydrogens is 380 g/mol. The summed E-state index contributed by atoms with van der Waals surface area (Å²) in [6.45, 7) is 3.45. The van der Waals surface area contributed by atoms with Gasteiger partial charge in [-0.1, -0.05) is 6.07 Å². The molecule has 6 nitrogen and oxygen atoms in total. The predicted molar refractivity (Wildman–Crippen MR) is 104 cm³/mol. The van der Waals surface area contributed by atoms with Crippen LogP contribution in [0.3, 0.4) is 0 Å². The second-order valence-corrected chi connectivity index (χ2v) is 7.30. The Morgan fingerprint density at radius 1 is 1.31 bits per heavy atom. The highest BCUT2D eigenvalue weighted by Crippen LogP contribution is 2.33. The summed E-state index contributed by atoms with van der Waals surface area (Å²) < 4.78 is 37.0. The smallest absolute Gasteiger partial charge is 0.387 e. The van der Waals surface area contributed by atoms with Gasteiger partial charge in [0.05, 0.1) is 18.7 Å². The van der Waals surface area contributed by atoms with Crippen LogP contribution in [0, 0.1) is 13.8 Å². The summed E-state index contributed by atoms with van der Waals surface area (Å²) in [5, 5.41) is 4.39. The van der Waals surface area contributed by atoms with Gasteiger partial charge in [0.1, 0.15) is 0 Å². The summed E-state index contributed by atoms with van der Waals surface area (Å²) in [6, 6.07) is 5.05. The number of rotatable bonds is 9. The first-order valence-corrected chi connectivity index (χ1v) is 9.79. The number of hydrogen-bond acceptors (Lipinski definition) is 4. The van der Waals surface area contributed by atoms with Gasteiger partial charge in [-0.3, -0.25) is 9.48 Å². The molecule has 1 fully saturated rings. The minimum Gasteiger partial charge on any atom is -0.490 e. The Kier molecular flexibility index (Phi) is 6.39. The van der Waals surface area contributed by atoms with Crippen molar-refractivity contribution in [1.82, 2.24) is 14.7 Å². The van der Waals surface area contributed by atoms with Crippen LogP contribution in [0.5, 0.6) is 11.5 Å². The first-order valence-electron chi connectivity index (χ1n) is 9.79. The number of halogens is 2. The zero-order valence-corrected chi connectivity index (χ0v) is 17.2. The lowest BCUT2D eigenvalue weighted by Gasteiger charge is -2.23. The molecule has 0 saturated heterocycles. The Balaban J connectivity index is 1.78. The van der Waals surface area contributed by atoms with Crippen molar-refractivity contribution in [3.05, 3.63) is 40.7 Å². The number of aromatic nitrogens is 2. The molecule has 1 aromatic carbocycles. The third-order valence-corrected chi connectivity index (χ3v) is 5.17. The van der Waals surface area contributed by atoms with E-state index in [1.807, 2.05) is 25.8 Å². The zero-order valence-electron chi connectivity index (χ0n) is 17.2. The molecule has 0 unspecified atom stereocenters. The first kappa shape index (κ1) is 21.1. The largest absolute Gasteiger partial charge is 0.490 e. The van der Waals surface area contributed by atoms with Crippen LogP contribution in [-0.2, 0) is 24.8 Å². The quantitative estimate of drug-likeness (QED) is 0.635. The number of benzene rings is 1. The predicted octanol–water partition coefficient (Wildman–Crippen LogP) is 3.77. The molecule has 0 atom stereocenters. The standard InChI is InChI=1S/C21H27F2N3O3/c1-5-28-19-10-15(6-9-18(19)29-21(22)23)12-26(16-7-8-16)20(27)11-17-13(2)24-25(4)14(17)3/h6,9-10,16,21H,5,7-8,11-12H2,1-4H3. The van der Waals surface area contributed by atoms with Gasteiger partial charge in [-0.05, 0) is 51.3 Å². The van der Waals surface area contributed by atoms with Crippen molar-refractivity contribution in [3.8, 4) is 11.5 Å². The topological polar surface area (TPSA) is 56.6 Å². The molecule has 29 heavy (non-hydrogen) atoms. The number of carbonyl (C=O) groups excluding carboxylic acids is 1. The Morgan fingerprint density at radius 2 is 2.03 bits per heavy atom. The van der Waals surface area contributed by atoms with Gasteiger partial charge >= 0.3 is 6.61 Å².